The van der Waals surface area contributed by atoms with Gasteiger partial charge in [-0.25, -0.2) is 0 Å². The van der Waals surface area contributed by atoms with Gasteiger partial charge >= 0.3 is 0 Å². The second-order valence-electron chi connectivity index (χ2n) is 4.79. The Hall–Kier alpha value is -1.52. The van der Waals surface area contributed by atoms with Crippen LogP contribution in [0.5, 0.6) is 11.5 Å². The molecule has 0 saturated heterocycles. The molecule has 2 rings (SSSR count). The van der Waals surface area contributed by atoms with Gasteiger partial charge in [-0.15, -0.1) is 0 Å². The number of nitrogens with two attached hydrogens (primary N) is 1. The van der Waals surface area contributed by atoms with Gasteiger partial charge in [0.15, 0.2) is 0 Å². The molecule has 2 N–H and O–H groups in total. The molecule has 4 heteroatoms. The molecule has 3 nitrogen and oxygen atoms in total. The van der Waals surface area contributed by atoms with E-state index in [4.69, 9.17) is 15.2 Å². The van der Waals surface area contributed by atoms with Crippen molar-refractivity contribution in [3.63, 3.8) is 0 Å². The van der Waals surface area contributed by atoms with Crippen molar-refractivity contribution in [3.8, 4) is 11.5 Å². The van der Waals surface area contributed by atoms with Gasteiger partial charge in [0, 0.05) is 0 Å². The van der Waals surface area contributed by atoms with Crippen LogP contribution < -0.4 is 15.2 Å². The Morgan fingerprint density at radius 3 is 2.33 bits per heavy atom. The van der Waals surface area contributed by atoms with E-state index >= 15 is 0 Å². The van der Waals surface area contributed by atoms with E-state index in [0.717, 1.165) is 40.1 Å². The van der Waals surface area contributed by atoms with Crippen molar-refractivity contribution in [2.24, 2.45) is 5.73 Å². The van der Waals surface area contributed by atoms with Gasteiger partial charge in [0.05, 0.1) is 24.2 Å². The summed E-state index contributed by atoms with van der Waals surface area (Å²) in [6, 6.07) is 13.7. The minimum atomic E-state index is -0.174. The summed E-state index contributed by atoms with van der Waals surface area (Å²) in [5.41, 5.74) is 8.41. The molecule has 0 aliphatic carbocycles. The Labute approximate surface area is 134 Å². The van der Waals surface area contributed by atoms with Crippen LogP contribution in [-0.2, 0) is 0 Å². The smallest absolute Gasteiger partial charge is 0.133 e. The summed E-state index contributed by atoms with van der Waals surface area (Å²) in [5, 5.41) is 0. The number of hydrogen-bond donors (Lipinski definition) is 1. The molecule has 1 unspecified atom stereocenters. The van der Waals surface area contributed by atoms with E-state index in [1.165, 1.54) is 0 Å². The van der Waals surface area contributed by atoms with E-state index < -0.39 is 0 Å². The molecular weight excluding hydrogens is 330 g/mol. The average Bonchev–Trinajstić information content (AvgIpc) is 2.52. The van der Waals surface area contributed by atoms with Crippen LogP contribution in [-0.4, -0.2) is 13.7 Å². The first-order valence-electron chi connectivity index (χ1n) is 6.97. The minimum absolute atomic E-state index is 0.174. The lowest BCUT2D eigenvalue weighted by Crippen LogP contribution is -2.11. The summed E-state index contributed by atoms with van der Waals surface area (Å²) < 4.78 is 11.7. The molecule has 2 aromatic carbocycles. The van der Waals surface area contributed by atoms with E-state index in [-0.39, 0.29) is 6.04 Å². The summed E-state index contributed by atoms with van der Waals surface area (Å²) in [6.07, 6.45) is 1.00. The Bertz CT molecular complexity index is 584. The molecule has 1 atom stereocenters. The zero-order valence-corrected chi connectivity index (χ0v) is 13.9. The maximum Gasteiger partial charge on any atom is 0.133 e. The largest absolute Gasteiger partial charge is 0.496 e. The Kier molecular flexibility index (Phi) is 5.65. The van der Waals surface area contributed by atoms with Gasteiger partial charge in [-0.2, -0.15) is 0 Å². The zero-order valence-electron chi connectivity index (χ0n) is 12.3. The van der Waals surface area contributed by atoms with Gasteiger partial charge in [-0.05, 0) is 57.7 Å². The molecule has 0 radical (unpaired) electrons. The van der Waals surface area contributed by atoms with Crippen molar-refractivity contribution >= 4 is 15.9 Å². The maximum absolute atomic E-state index is 6.32. The Morgan fingerprint density at radius 2 is 1.76 bits per heavy atom. The summed E-state index contributed by atoms with van der Waals surface area (Å²) in [4.78, 5) is 0. The molecule has 0 saturated carbocycles. The summed E-state index contributed by atoms with van der Waals surface area (Å²) >= 11 is 3.49. The Morgan fingerprint density at radius 1 is 1.10 bits per heavy atom. The third-order valence-corrected chi connectivity index (χ3v) is 3.87. The van der Waals surface area contributed by atoms with Crippen LogP contribution in [0.15, 0.2) is 46.9 Å². The van der Waals surface area contributed by atoms with E-state index in [1.807, 2.05) is 42.5 Å². The topological polar surface area (TPSA) is 44.5 Å². The maximum atomic E-state index is 6.32. The second kappa shape index (κ2) is 7.48. The zero-order chi connectivity index (χ0) is 15.2. The average molecular weight is 350 g/mol. The molecule has 0 aliphatic heterocycles. The van der Waals surface area contributed by atoms with Crippen LogP contribution in [0.2, 0.25) is 0 Å². The normalized spacial score (nSPS) is 12.0. The Balaban J connectivity index is 2.15. The van der Waals surface area contributed by atoms with E-state index in [0.29, 0.717) is 0 Å². The molecule has 0 amide bonds. The van der Waals surface area contributed by atoms with Crippen LogP contribution in [0.3, 0.4) is 0 Å². The van der Waals surface area contributed by atoms with Crippen LogP contribution in [0.25, 0.3) is 0 Å². The van der Waals surface area contributed by atoms with Crippen molar-refractivity contribution in [2.75, 3.05) is 13.7 Å². The third kappa shape index (κ3) is 3.99. The van der Waals surface area contributed by atoms with E-state index in [9.17, 15) is 0 Å². The van der Waals surface area contributed by atoms with Crippen LogP contribution in [0, 0.1) is 0 Å². The van der Waals surface area contributed by atoms with Crippen LogP contribution in [0.4, 0.5) is 0 Å². The van der Waals surface area contributed by atoms with Crippen molar-refractivity contribution in [1.82, 2.24) is 0 Å². The lowest BCUT2D eigenvalue weighted by molar-refractivity contribution is 0.317. The molecule has 0 aliphatic rings. The summed E-state index contributed by atoms with van der Waals surface area (Å²) in [6.45, 7) is 2.82. The van der Waals surface area contributed by atoms with Crippen LogP contribution >= 0.6 is 15.9 Å². The minimum Gasteiger partial charge on any atom is -0.496 e. The highest BCUT2D eigenvalue weighted by atomic mass is 79.9. The lowest BCUT2D eigenvalue weighted by atomic mass is 9.99. The molecule has 0 aromatic heterocycles. The number of ether oxygens (including phenoxy) is 2. The van der Waals surface area contributed by atoms with Gasteiger partial charge in [0.1, 0.15) is 11.5 Å². The van der Waals surface area contributed by atoms with E-state index in [2.05, 4.69) is 22.9 Å². The van der Waals surface area contributed by atoms with Gasteiger partial charge in [0.2, 0.25) is 0 Å². The SMILES string of the molecule is CCCOc1ccc(C(N)c2ccc(OC)c(Br)c2)cc1. The van der Waals surface area contributed by atoms with Crippen LogP contribution in [0.1, 0.15) is 30.5 Å². The summed E-state index contributed by atoms with van der Waals surface area (Å²) in [5.74, 6) is 1.68. The fraction of sp³-hybridized carbons (Fsp3) is 0.294. The first kappa shape index (κ1) is 15.9. The highest BCUT2D eigenvalue weighted by Crippen LogP contribution is 2.30. The van der Waals surface area contributed by atoms with Gasteiger partial charge in [-0.3, -0.25) is 0 Å². The molecule has 0 heterocycles. The fourth-order valence-electron chi connectivity index (χ4n) is 2.06. The number of halogens is 1. The van der Waals surface area contributed by atoms with Crippen molar-refractivity contribution in [2.45, 2.75) is 19.4 Å². The number of hydrogen-bond acceptors (Lipinski definition) is 3. The third-order valence-electron chi connectivity index (χ3n) is 3.25. The fourth-order valence-corrected chi connectivity index (χ4v) is 2.62. The number of rotatable bonds is 6. The van der Waals surface area contributed by atoms with Gasteiger partial charge < -0.3 is 15.2 Å². The summed E-state index contributed by atoms with van der Waals surface area (Å²) in [7, 11) is 1.65. The van der Waals surface area contributed by atoms with Crippen molar-refractivity contribution in [1.29, 1.82) is 0 Å². The molecule has 0 fully saturated rings. The first-order valence-corrected chi connectivity index (χ1v) is 7.76. The van der Waals surface area contributed by atoms with Gasteiger partial charge in [0.25, 0.3) is 0 Å². The lowest BCUT2D eigenvalue weighted by Gasteiger charge is -2.15. The molecule has 2 aromatic rings. The predicted molar refractivity (Wildman–Crippen MR) is 89.0 cm³/mol. The number of benzene rings is 2. The number of methoxy groups -OCH3 is 1. The standard InChI is InChI=1S/C17H20BrNO2/c1-3-10-21-14-7-4-12(5-8-14)17(19)13-6-9-16(20-2)15(18)11-13/h4-9,11,17H,3,10,19H2,1-2H3. The van der Waals surface area contributed by atoms with Gasteiger partial charge in [-0.1, -0.05) is 25.1 Å². The monoisotopic (exact) mass is 349 g/mol. The first-order chi connectivity index (χ1) is 10.2. The molecule has 21 heavy (non-hydrogen) atoms. The van der Waals surface area contributed by atoms with E-state index in [1.54, 1.807) is 7.11 Å². The molecule has 0 spiro atoms. The predicted octanol–water partition coefficient (Wildman–Crippen LogP) is 4.29. The van der Waals surface area contributed by atoms with Crippen molar-refractivity contribution in [3.05, 3.63) is 58.1 Å². The highest BCUT2D eigenvalue weighted by Gasteiger charge is 2.11. The highest BCUT2D eigenvalue weighted by molar-refractivity contribution is 9.10. The quantitative estimate of drug-likeness (QED) is 0.845. The molecular formula is C17H20BrNO2. The molecule has 0 bridgehead atoms. The van der Waals surface area contributed by atoms with Crippen molar-refractivity contribution < 1.29 is 9.47 Å². The second-order valence-corrected chi connectivity index (χ2v) is 5.64. The molecule has 112 valence electrons.